The van der Waals surface area contributed by atoms with Crippen LogP contribution >= 0.6 is 11.3 Å². The minimum absolute atomic E-state index is 0.00638. The molecule has 0 spiro atoms. The number of ether oxygens (including phenoxy) is 2. The Bertz CT molecular complexity index is 966. The molecule has 0 unspecified atom stereocenters. The molecule has 0 saturated carbocycles. The van der Waals surface area contributed by atoms with E-state index in [1.807, 2.05) is 0 Å². The fraction of sp³-hybridized carbons (Fsp3) is 0.316. The van der Waals surface area contributed by atoms with Crippen molar-refractivity contribution in [1.82, 2.24) is 9.97 Å². The summed E-state index contributed by atoms with van der Waals surface area (Å²) in [6.07, 6.45) is 4.51. The average Bonchev–Trinajstić information content (AvgIpc) is 3.05. The van der Waals surface area contributed by atoms with Crippen LogP contribution in [0.1, 0.15) is 39.5 Å². The van der Waals surface area contributed by atoms with Crippen LogP contribution in [-0.4, -0.2) is 23.0 Å². The van der Waals surface area contributed by atoms with E-state index in [1.165, 1.54) is 23.3 Å². The van der Waals surface area contributed by atoms with Gasteiger partial charge in [-0.1, -0.05) is 0 Å². The number of nitrogens with zero attached hydrogens (tertiary/aromatic N) is 2. The fourth-order valence-electron chi connectivity index (χ4n) is 3.24. The van der Waals surface area contributed by atoms with Gasteiger partial charge in [-0.05, 0) is 55.5 Å². The number of nitrogen functional groups attached to an aromatic ring is 1. The molecule has 2 N–H and O–H groups in total. The first kappa shape index (κ1) is 16.8. The number of hydrogen-bond acceptors (Lipinski definition) is 7. The number of aryl methyl sites for hydroxylation is 2. The predicted molar refractivity (Wildman–Crippen MR) is 101 cm³/mol. The number of esters is 1. The van der Waals surface area contributed by atoms with E-state index >= 15 is 0 Å². The maximum absolute atomic E-state index is 12.2. The summed E-state index contributed by atoms with van der Waals surface area (Å²) in [6, 6.07) is 6.75. The van der Waals surface area contributed by atoms with Crippen molar-refractivity contribution in [3.05, 3.63) is 46.1 Å². The molecule has 4 rings (SSSR count). The second-order valence-corrected chi connectivity index (χ2v) is 7.30. The number of nitrogens with two attached hydrogens (primary N) is 1. The van der Waals surface area contributed by atoms with E-state index in [9.17, 15) is 4.79 Å². The Morgan fingerprint density at radius 2 is 1.96 bits per heavy atom. The van der Waals surface area contributed by atoms with E-state index in [-0.39, 0.29) is 6.61 Å². The molecule has 134 valence electrons. The number of hydrogen-bond donors (Lipinski definition) is 1. The molecular formula is C19H19N3O3S. The summed E-state index contributed by atoms with van der Waals surface area (Å²) in [5, 5.41) is 0.981. The van der Waals surface area contributed by atoms with Crippen LogP contribution in [0.15, 0.2) is 24.3 Å². The van der Waals surface area contributed by atoms with Crippen molar-refractivity contribution in [3.63, 3.8) is 0 Å². The van der Waals surface area contributed by atoms with Crippen molar-refractivity contribution >= 4 is 33.3 Å². The highest BCUT2D eigenvalue weighted by Gasteiger charge is 2.20. The lowest BCUT2D eigenvalue weighted by Gasteiger charge is -2.10. The molecule has 0 bridgehead atoms. The van der Waals surface area contributed by atoms with Crippen molar-refractivity contribution < 1.29 is 14.3 Å². The molecule has 6 nitrogen and oxygen atoms in total. The SMILES string of the molecule is COc1ccc(C(=O)OCc2nc(N)c3c4c(sc3n2)CCCC4)cc1. The largest absolute Gasteiger partial charge is 0.497 e. The molecular weight excluding hydrogens is 350 g/mol. The van der Waals surface area contributed by atoms with Gasteiger partial charge in [0.05, 0.1) is 18.1 Å². The van der Waals surface area contributed by atoms with Gasteiger partial charge in [-0.3, -0.25) is 0 Å². The van der Waals surface area contributed by atoms with Crippen molar-refractivity contribution in [2.24, 2.45) is 0 Å². The Labute approximate surface area is 155 Å². The summed E-state index contributed by atoms with van der Waals surface area (Å²) < 4.78 is 10.4. The molecule has 7 heteroatoms. The first-order chi connectivity index (χ1) is 12.7. The number of methoxy groups -OCH3 is 1. The Balaban J connectivity index is 1.52. The highest BCUT2D eigenvalue weighted by molar-refractivity contribution is 7.19. The second kappa shape index (κ2) is 6.92. The average molecular weight is 369 g/mol. The molecule has 2 heterocycles. The van der Waals surface area contributed by atoms with Gasteiger partial charge in [-0.2, -0.15) is 0 Å². The summed E-state index contributed by atoms with van der Waals surface area (Å²) in [5.41, 5.74) is 7.93. The molecule has 0 fully saturated rings. The number of thiophene rings is 1. The standard InChI is InChI=1S/C19H19N3O3S/c1-24-12-8-6-11(7-9-12)19(23)25-10-15-21-17(20)16-13-4-2-3-5-14(13)26-18(16)22-15/h6-9H,2-5,10H2,1H3,(H2,20,21,22). The lowest BCUT2D eigenvalue weighted by Crippen LogP contribution is -2.08. The Morgan fingerprint density at radius 1 is 1.19 bits per heavy atom. The lowest BCUT2D eigenvalue weighted by atomic mass is 9.97. The molecule has 1 aliphatic rings. The maximum Gasteiger partial charge on any atom is 0.338 e. The molecule has 0 atom stereocenters. The highest BCUT2D eigenvalue weighted by atomic mass is 32.1. The topological polar surface area (TPSA) is 87.3 Å². The smallest absolute Gasteiger partial charge is 0.338 e. The zero-order valence-electron chi connectivity index (χ0n) is 14.4. The summed E-state index contributed by atoms with van der Waals surface area (Å²) in [5.74, 6) is 1.16. The van der Waals surface area contributed by atoms with Gasteiger partial charge in [-0.25, -0.2) is 14.8 Å². The van der Waals surface area contributed by atoms with Crippen molar-refractivity contribution in [2.45, 2.75) is 32.3 Å². The van der Waals surface area contributed by atoms with Gasteiger partial charge in [-0.15, -0.1) is 11.3 Å². The van der Waals surface area contributed by atoms with Gasteiger partial charge < -0.3 is 15.2 Å². The molecule has 0 radical (unpaired) electrons. The fourth-order valence-corrected chi connectivity index (χ4v) is 4.52. The monoisotopic (exact) mass is 369 g/mol. The maximum atomic E-state index is 12.2. The van der Waals surface area contributed by atoms with E-state index in [0.717, 1.165) is 23.1 Å². The number of carbonyl (C=O) groups excluding carboxylic acids is 1. The van der Waals surface area contributed by atoms with E-state index in [2.05, 4.69) is 9.97 Å². The minimum Gasteiger partial charge on any atom is -0.497 e. The van der Waals surface area contributed by atoms with Crippen LogP contribution in [0.3, 0.4) is 0 Å². The highest BCUT2D eigenvalue weighted by Crippen LogP contribution is 2.37. The normalized spacial score (nSPS) is 13.4. The number of carbonyl (C=O) groups is 1. The predicted octanol–water partition coefficient (Wildman–Crippen LogP) is 3.52. The van der Waals surface area contributed by atoms with Gasteiger partial charge in [0.1, 0.15) is 16.4 Å². The summed E-state index contributed by atoms with van der Waals surface area (Å²) in [6.45, 7) is -0.00638. The summed E-state index contributed by atoms with van der Waals surface area (Å²) >= 11 is 1.68. The quantitative estimate of drug-likeness (QED) is 0.708. The van der Waals surface area contributed by atoms with Crippen molar-refractivity contribution in [2.75, 3.05) is 12.8 Å². The van der Waals surface area contributed by atoms with E-state index in [4.69, 9.17) is 15.2 Å². The zero-order valence-corrected chi connectivity index (χ0v) is 15.3. The lowest BCUT2D eigenvalue weighted by molar-refractivity contribution is 0.0462. The zero-order chi connectivity index (χ0) is 18.1. The van der Waals surface area contributed by atoms with Crippen LogP contribution in [0.25, 0.3) is 10.2 Å². The molecule has 26 heavy (non-hydrogen) atoms. The molecule has 2 aromatic heterocycles. The van der Waals surface area contributed by atoms with Crippen LogP contribution in [0.4, 0.5) is 5.82 Å². The molecule has 0 amide bonds. The first-order valence-corrected chi connectivity index (χ1v) is 9.35. The number of aromatic nitrogens is 2. The third kappa shape index (κ3) is 3.10. The summed E-state index contributed by atoms with van der Waals surface area (Å²) in [4.78, 5) is 23.3. The number of fused-ring (bicyclic) bond motifs is 3. The van der Waals surface area contributed by atoms with E-state index in [0.29, 0.717) is 23.0 Å². The molecule has 1 aromatic carbocycles. The van der Waals surface area contributed by atoms with Crippen LogP contribution in [0, 0.1) is 0 Å². The number of rotatable bonds is 4. The second-order valence-electron chi connectivity index (χ2n) is 6.22. The number of anilines is 1. The minimum atomic E-state index is -0.430. The van der Waals surface area contributed by atoms with Gasteiger partial charge in [0.25, 0.3) is 0 Å². The van der Waals surface area contributed by atoms with Gasteiger partial charge in [0.2, 0.25) is 0 Å². The Hall–Kier alpha value is -2.67. The molecule has 0 saturated heterocycles. The Kier molecular flexibility index (Phi) is 4.46. The molecule has 3 aromatic rings. The third-order valence-electron chi connectivity index (χ3n) is 4.55. The summed E-state index contributed by atoms with van der Waals surface area (Å²) in [7, 11) is 1.58. The van der Waals surface area contributed by atoms with Gasteiger partial charge in [0.15, 0.2) is 12.4 Å². The van der Waals surface area contributed by atoms with Crippen molar-refractivity contribution in [1.29, 1.82) is 0 Å². The molecule has 1 aliphatic carbocycles. The van der Waals surface area contributed by atoms with Crippen molar-refractivity contribution in [3.8, 4) is 5.75 Å². The van der Waals surface area contributed by atoms with E-state index in [1.54, 1.807) is 42.7 Å². The van der Waals surface area contributed by atoms with Crippen LogP contribution in [-0.2, 0) is 24.2 Å². The van der Waals surface area contributed by atoms with Crippen LogP contribution in [0.2, 0.25) is 0 Å². The third-order valence-corrected chi connectivity index (χ3v) is 5.73. The van der Waals surface area contributed by atoms with Crippen LogP contribution < -0.4 is 10.5 Å². The van der Waals surface area contributed by atoms with Gasteiger partial charge in [0, 0.05) is 4.88 Å². The van der Waals surface area contributed by atoms with E-state index < -0.39 is 5.97 Å². The van der Waals surface area contributed by atoms with Crippen LogP contribution in [0.5, 0.6) is 5.75 Å². The first-order valence-electron chi connectivity index (χ1n) is 8.53. The Morgan fingerprint density at radius 3 is 2.73 bits per heavy atom. The number of benzene rings is 1. The van der Waals surface area contributed by atoms with Gasteiger partial charge >= 0.3 is 5.97 Å². The molecule has 0 aliphatic heterocycles.